The Balaban J connectivity index is 4.02. The van der Waals surface area contributed by atoms with E-state index in [1.165, 1.54) is 0 Å². The zero-order valence-corrected chi connectivity index (χ0v) is 6.41. The molecule has 8 heavy (non-hydrogen) atoms. The van der Waals surface area contributed by atoms with Gasteiger partial charge in [0, 0.05) is 0 Å². The summed E-state index contributed by atoms with van der Waals surface area (Å²) in [5.41, 5.74) is 0.153. The molecule has 0 rings (SSSR count). The summed E-state index contributed by atoms with van der Waals surface area (Å²) in [6.07, 6.45) is 0. The van der Waals surface area contributed by atoms with Crippen LogP contribution in [0.4, 0.5) is 0 Å². The average Bonchev–Trinajstić information content (AvgIpc) is 1.25. The van der Waals surface area contributed by atoms with Gasteiger partial charge in [-0.1, -0.05) is 27.7 Å². The van der Waals surface area contributed by atoms with Gasteiger partial charge >= 0.3 is 0 Å². The van der Waals surface area contributed by atoms with E-state index in [1.54, 1.807) is 0 Å². The summed E-state index contributed by atoms with van der Waals surface area (Å²) in [5, 5.41) is 0. The first-order valence-electron chi connectivity index (χ1n) is 2.96. The molecular formula is C8H16. The van der Waals surface area contributed by atoms with Gasteiger partial charge in [-0.3, -0.25) is 0 Å². The van der Waals surface area contributed by atoms with E-state index >= 15 is 0 Å². The summed E-state index contributed by atoms with van der Waals surface area (Å²) >= 11 is 0. The van der Waals surface area contributed by atoms with Crippen molar-refractivity contribution in [3.8, 4) is 0 Å². The zero-order valence-electron chi connectivity index (χ0n) is 6.41. The van der Waals surface area contributed by atoms with Crippen LogP contribution < -0.4 is 0 Å². The van der Waals surface area contributed by atoms with Crippen molar-refractivity contribution >= 4 is 0 Å². The topological polar surface area (TPSA) is 0 Å². The minimum absolute atomic E-state index is 0.0764. The van der Waals surface area contributed by atoms with Crippen molar-refractivity contribution in [2.75, 3.05) is 0 Å². The summed E-state index contributed by atoms with van der Waals surface area (Å²) in [5.74, 6) is 0. The van der Waals surface area contributed by atoms with Crippen LogP contribution in [-0.4, -0.2) is 0 Å². The molecule has 0 atom stereocenters. The third-order valence-electron chi connectivity index (χ3n) is 1.83. The standard InChI is InChI=1S/C8H16/c1-7(2,3)8(4,5)6/h1,4H2,2-3,5-6H3. The lowest BCUT2D eigenvalue weighted by Crippen LogP contribution is -2.26. The van der Waals surface area contributed by atoms with Gasteiger partial charge in [-0.25, -0.2) is 0 Å². The number of hydrogen-bond acceptors (Lipinski definition) is 0. The normalized spacial score (nSPS) is 14.2. The Kier molecular flexibility index (Phi) is 1.75. The fourth-order valence-corrected chi connectivity index (χ4v) is 0. The second-order valence-corrected chi connectivity index (χ2v) is 3.77. The van der Waals surface area contributed by atoms with Crippen molar-refractivity contribution in [3.05, 3.63) is 13.8 Å². The van der Waals surface area contributed by atoms with Crippen LogP contribution in [0.15, 0.2) is 0 Å². The van der Waals surface area contributed by atoms with Crippen molar-refractivity contribution in [1.82, 2.24) is 0 Å². The molecular weight excluding hydrogens is 96.1 g/mol. The minimum atomic E-state index is 0.0764. The molecule has 0 aliphatic rings. The SMILES string of the molecule is [CH2]C(C)(C)C([CH2])(C)C. The highest BCUT2D eigenvalue weighted by Crippen LogP contribution is 2.35. The molecule has 0 fully saturated rings. The highest BCUT2D eigenvalue weighted by atomic mass is 14.3. The van der Waals surface area contributed by atoms with E-state index in [0.717, 1.165) is 0 Å². The lowest BCUT2D eigenvalue weighted by molar-refractivity contribution is 0.225. The van der Waals surface area contributed by atoms with Crippen molar-refractivity contribution in [2.45, 2.75) is 27.7 Å². The Bertz CT molecular complexity index is 55.0. The second-order valence-electron chi connectivity index (χ2n) is 3.77. The highest BCUT2D eigenvalue weighted by molar-refractivity contribution is 4.89. The van der Waals surface area contributed by atoms with Crippen LogP contribution in [0, 0.1) is 24.7 Å². The van der Waals surface area contributed by atoms with E-state index in [1.807, 2.05) is 0 Å². The van der Waals surface area contributed by atoms with Gasteiger partial charge in [0.05, 0.1) is 0 Å². The van der Waals surface area contributed by atoms with E-state index in [2.05, 4.69) is 41.5 Å². The molecule has 0 aliphatic carbocycles. The summed E-state index contributed by atoms with van der Waals surface area (Å²) in [7, 11) is 0. The molecule has 0 N–H and O–H groups in total. The Morgan fingerprint density at radius 3 is 0.875 bits per heavy atom. The highest BCUT2D eigenvalue weighted by Gasteiger charge is 2.27. The lowest BCUT2D eigenvalue weighted by Gasteiger charge is -2.34. The Morgan fingerprint density at radius 2 is 0.875 bits per heavy atom. The predicted molar refractivity (Wildman–Crippen MR) is 38.3 cm³/mol. The third-order valence-corrected chi connectivity index (χ3v) is 1.83. The van der Waals surface area contributed by atoms with Crippen molar-refractivity contribution in [2.24, 2.45) is 10.8 Å². The molecule has 0 heteroatoms. The average molecular weight is 112 g/mol. The maximum atomic E-state index is 3.98. The van der Waals surface area contributed by atoms with Crippen LogP contribution in [0.5, 0.6) is 0 Å². The first-order valence-corrected chi connectivity index (χ1v) is 2.96. The molecule has 0 amide bonds. The molecule has 0 aromatic heterocycles. The van der Waals surface area contributed by atoms with Crippen LogP contribution in [0.1, 0.15) is 27.7 Å². The third kappa shape index (κ3) is 1.85. The predicted octanol–water partition coefficient (Wildman–Crippen LogP) is 2.71. The zero-order chi connectivity index (χ0) is 7.00. The van der Waals surface area contributed by atoms with Crippen LogP contribution >= 0.6 is 0 Å². The van der Waals surface area contributed by atoms with Gasteiger partial charge < -0.3 is 0 Å². The first-order chi connectivity index (χ1) is 3.25. The van der Waals surface area contributed by atoms with Gasteiger partial charge in [0.2, 0.25) is 0 Å². The fraction of sp³-hybridized carbons (Fsp3) is 0.750. The van der Waals surface area contributed by atoms with Gasteiger partial charge in [-0.2, -0.15) is 0 Å². The largest absolute Gasteiger partial charge is 0.0594 e. The molecule has 0 aromatic rings. The molecule has 48 valence electrons. The Hall–Kier alpha value is 0. The molecule has 0 unspecified atom stereocenters. The smallest absolute Gasteiger partial charge is 0.0303 e. The Morgan fingerprint density at radius 1 is 0.750 bits per heavy atom. The van der Waals surface area contributed by atoms with Crippen molar-refractivity contribution in [3.63, 3.8) is 0 Å². The van der Waals surface area contributed by atoms with Crippen molar-refractivity contribution in [1.29, 1.82) is 0 Å². The first kappa shape index (κ1) is 8.00. The quantitative estimate of drug-likeness (QED) is 0.489. The molecule has 0 saturated heterocycles. The monoisotopic (exact) mass is 112 g/mol. The van der Waals surface area contributed by atoms with E-state index in [0.29, 0.717) is 0 Å². The summed E-state index contributed by atoms with van der Waals surface area (Å²) < 4.78 is 0. The molecule has 0 saturated carbocycles. The minimum Gasteiger partial charge on any atom is -0.0594 e. The lowest BCUT2D eigenvalue weighted by atomic mass is 9.71. The second kappa shape index (κ2) is 1.75. The molecule has 2 radical (unpaired) electrons. The number of rotatable bonds is 1. The van der Waals surface area contributed by atoms with Gasteiger partial charge in [0.15, 0.2) is 0 Å². The van der Waals surface area contributed by atoms with E-state index < -0.39 is 0 Å². The van der Waals surface area contributed by atoms with Crippen LogP contribution in [0.3, 0.4) is 0 Å². The van der Waals surface area contributed by atoms with Gasteiger partial charge in [0.25, 0.3) is 0 Å². The summed E-state index contributed by atoms with van der Waals surface area (Å²) in [4.78, 5) is 0. The van der Waals surface area contributed by atoms with Crippen LogP contribution in [0.2, 0.25) is 0 Å². The molecule has 0 bridgehead atoms. The van der Waals surface area contributed by atoms with Crippen LogP contribution in [-0.2, 0) is 0 Å². The molecule has 0 aliphatic heterocycles. The Labute approximate surface area is 53.3 Å². The molecule has 0 aromatic carbocycles. The van der Waals surface area contributed by atoms with Crippen molar-refractivity contribution < 1.29 is 0 Å². The maximum Gasteiger partial charge on any atom is -0.0303 e. The van der Waals surface area contributed by atoms with Gasteiger partial charge in [-0.05, 0) is 24.7 Å². The van der Waals surface area contributed by atoms with E-state index in [-0.39, 0.29) is 10.8 Å². The fourth-order valence-electron chi connectivity index (χ4n) is 0. The number of hydrogen-bond donors (Lipinski definition) is 0. The van der Waals surface area contributed by atoms with Gasteiger partial charge in [0.1, 0.15) is 0 Å². The van der Waals surface area contributed by atoms with Gasteiger partial charge in [-0.15, -0.1) is 0 Å². The van der Waals surface area contributed by atoms with E-state index in [9.17, 15) is 0 Å². The summed E-state index contributed by atoms with van der Waals surface area (Å²) in [6, 6.07) is 0. The maximum absolute atomic E-state index is 3.98. The molecule has 0 heterocycles. The summed E-state index contributed by atoms with van der Waals surface area (Å²) in [6.45, 7) is 16.3. The molecule has 0 spiro atoms. The van der Waals surface area contributed by atoms with Crippen LogP contribution in [0.25, 0.3) is 0 Å². The molecule has 0 nitrogen and oxygen atoms in total. The van der Waals surface area contributed by atoms with E-state index in [4.69, 9.17) is 0 Å².